The van der Waals surface area contributed by atoms with E-state index in [0.29, 0.717) is 41.0 Å². The standard InChI is InChI=1S/C22H26N2O5S/c1-6-11-29-21(26)18-13(4)23-22-24(20(25)17(7-2)30-22)19(18)14-9-10-15(28-8-3)16(12-14)27-5/h6,9-10,12,17,19H,1,7-8,11H2,2-5H3. The molecule has 1 saturated heterocycles. The van der Waals surface area contributed by atoms with Crippen LogP contribution in [-0.4, -0.2) is 47.5 Å². The lowest BCUT2D eigenvalue weighted by molar-refractivity contribution is -0.139. The Balaban J connectivity index is 2.13. The molecule has 1 aromatic carbocycles. The van der Waals surface area contributed by atoms with Gasteiger partial charge in [-0.15, -0.1) is 0 Å². The fourth-order valence-corrected chi connectivity index (χ4v) is 4.64. The Morgan fingerprint density at radius 1 is 1.33 bits per heavy atom. The molecule has 2 atom stereocenters. The van der Waals surface area contributed by atoms with E-state index in [0.717, 1.165) is 5.56 Å². The van der Waals surface area contributed by atoms with Crippen LogP contribution >= 0.6 is 11.8 Å². The number of allylic oxidation sites excluding steroid dienone is 1. The van der Waals surface area contributed by atoms with E-state index in [1.807, 2.05) is 19.9 Å². The molecule has 2 aliphatic heterocycles. The molecule has 0 aliphatic carbocycles. The average molecular weight is 431 g/mol. The van der Waals surface area contributed by atoms with Crippen LogP contribution in [0, 0.1) is 0 Å². The first-order valence-electron chi connectivity index (χ1n) is 9.84. The number of amidine groups is 1. The maximum Gasteiger partial charge on any atom is 0.338 e. The molecule has 0 radical (unpaired) electrons. The first-order chi connectivity index (χ1) is 14.5. The Bertz CT molecular complexity index is 924. The highest BCUT2D eigenvalue weighted by Gasteiger charge is 2.47. The third-order valence-electron chi connectivity index (χ3n) is 4.88. The van der Waals surface area contributed by atoms with Crippen molar-refractivity contribution in [1.29, 1.82) is 0 Å². The number of fused-ring (bicyclic) bond motifs is 1. The summed E-state index contributed by atoms with van der Waals surface area (Å²) in [5.74, 6) is 0.533. The molecule has 30 heavy (non-hydrogen) atoms. The van der Waals surface area contributed by atoms with E-state index in [9.17, 15) is 9.59 Å². The molecule has 2 aliphatic rings. The van der Waals surface area contributed by atoms with Gasteiger partial charge in [0, 0.05) is 0 Å². The fourth-order valence-electron chi connectivity index (χ4n) is 3.51. The minimum atomic E-state index is -0.657. The van der Waals surface area contributed by atoms with Crippen molar-refractivity contribution in [2.45, 2.75) is 38.5 Å². The molecular formula is C22H26N2O5S. The Hall–Kier alpha value is -2.74. The highest BCUT2D eigenvalue weighted by molar-refractivity contribution is 8.15. The molecule has 3 rings (SSSR count). The van der Waals surface area contributed by atoms with Crippen LogP contribution in [0.1, 0.15) is 38.8 Å². The van der Waals surface area contributed by atoms with Crippen LogP contribution < -0.4 is 9.47 Å². The first kappa shape index (κ1) is 22.0. The van der Waals surface area contributed by atoms with Crippen molar-refractivity contribution in [3.8, 4) is 11.5 Å². The molecule has 1 aromatic rings. The second-order valence-electron chi connectivity index (χ2n) is 6.75. The molecule has 0 spiro atoms. The van der Waals surface area contributed by atoms with Gasteiger partial charge in [0.05, 0.1) is 36.3 Å². The van der Waals surface area contributed by atoms with Gasteiger partial charge in [-0.05, 0) is 38.0 Å². The van der Waals surface area contributed by atoms with Crippen molar-refractivity contribution in [3.05, 3.63) is 47.7 Å². The van der Waals surface area contributed by atoms with Gasteiger partial charge in [-0.3, -0.25) is 9.69 Å². The smallest absolute Gasteiger partial charge is 0.338 e. The molecule has 7 nitrogen and oxygen atoms in total. The SMILES string of the molecule is C=CCOC(=O)C1=C(C)N=C2SC(CC)C(=O)N2C1c1ccc(OCC)c(OC)c1. The predicted molar refractivity (Wildman–Crippen MR) is 117 cm³/mol. The summed E-state index contributed by atoms with van der Waals surface area (Å²) in [5, 5.41) is 0.370. The lowest BCUT2D eigenvalue weighted by atomic mass is 9.94. The number of methoxy groups -OCH3 is 1. The highest BCUT2D eigenvalue weighted by Crippen LogP contribution is 2.45. The number of aliphatic imine (C=N–C) groups is 1. The first-order valence-corrected chi connectivity index (χ1v) is 10.7. The second kappa shape index (κ2) is 9.38. The number of amides is 1. The number of thioether (sulfide) groups is 1. The minimum Gasteiger partial charge on any atom is -0.493 e. The monoisotopic (exact) mass is 430 g/mol. The van der Waals surface area contributed by atoms with Gasteiger partial charge in [0.1, 0.15) is 6.61 Å². The quantitative estimate of drug-likeness (QED) is 0.460. The van der Waals surface area contributed by atoms with Crippen LogP contribution in [-0.2, 0) is 14.3 Å². The summed E-state index contributed by atoms with van der Waals surface area (Å²) in [6.07, 6.45) is 2.18. The molecule has 8 heteroatoms. The number of carbonyl (C=O) groups excluding carboxylic acids is 2. The average Bonchev–Trinajstić information content (AvgIpc) is 3.06. The number of esters is 1. The zero-order valence-corrected chi connectivity index (χ0v) is 18.5. The van der Waals surface area contributed by atoms with Crippen molar-refractivity contribution in [2.75, 3.05) is 20.3 Å². The lowest BCUT2D eigenvalue weighted by Crippen LogP contribution is -2.40. The number of benzene rings is 1. The topological polar surface area (TPSA) is 77.4 Å². The van der Waals surface area contributed by atoms with E-state index < -0.39 is 12.0 Å². The molecule has 0 aromatic heterocycles. The fraction of sp³-hybridized carbons (Fsp3) is 0.409. The van der Waals surface area contributed by atoms with Crippen molar-refractivity contribution < 1.29 is 23.8 Å². The Morgan fingerprint density at radius 3 is 2.73 bits per heavy atom. The zero-order chi connectivity index (χ0) is 21.8. The van der Waals surface area contributed by atoms with Gasteiger partial charge in [0.2, 0.25) is 5.91 Å². The largest absolute Gasteiger partial charge is 0.493 e. The molecule has 1 fully saturated rings. The third-order valence-corrected chi connectivity index (χ3v) is 6.20. The number of ether oxygens (including phenoxy) is 3. The van der Waals surface area contributed by atoms with E-state index in [1.54, 1.807) is 31.1 Å². The molecule has 0 N–H and O–H groups in total. The van der Waals surface area contributed by atoms with Crippen LogP contribution in [0.4, 0.5) is 0 Å². The van der Waals surface area contributed by atoms with E-state index >= 15 is 0 Å². The lowest BCUT2D eigenvalue weighted by Gasteiger charge is -2.33. The number of hydrogen-bond acceptors (Lipinski definition) is 7. The van der Waals surface area contributed by atoms with Gasteiger partial charge >= 0.3 is 5.97 Å². The zero-order valence-electron chi connectivity index (χ0n) is 17.6. The van der Waals surface area contributed by atoms with E-state index in [1.165, 1.54) is 17.8 Å². The Morgan fingerprint density at radius 2 is 2.10 bits per heavy atom. The molecule has 1 amide bonds. The normalized spacial score (nSPS) is 20.6. The maximum absolute atomic E-state index is 13.1. The van der Waals surface area contributed by atoms with Crippen LogP contribution in [0.5, 0.6) is 11.5 Å². The summed E-state index contributed by atoms with van der Waals surface area (Å²) in [4.78, 5) is 32.2. The number of hydrogen-bond donors (Lipinski definition) is 0. The molecule has 0 bridgehead atoms. The number of carbonyl (C=O) groups is 2. The number of nitrogens with zero attached hydrogens (tertiary/aromatic N) is 2. The highest BCUT2D eigenvalue weighted by atomic mass is 32.2. The molecule has 160 valence electrons. The minimum absolute atomic E-state index is 0.0689. The van der Waals surface area contributed by atoms with Gasteiger partial charge in [-0.2, -0.15) is 0 Å². The van der Waals surface area contributed by atoms with E-state index in [2.05, 4.69) is 11.6 Å². The summed E-state index contributed by atoms with van der Waals surface area (Å²) in [6, 6.07) is 4.77. The van der Waals surface area contributed by atoms with E-state index in [-0.39, 0.29) is 17.8 Å². The van der Waals surface area contributed by atoms with Gasteiger partial charge < -0.3 is 14.2 Å². The van der Waals surface area contributed by atoms with E-state index in [4.69, 9.17) is 14.2 Å². The Labute approximate surface area is 180 Å². The second-order valence-corrected chi connectivity index (χ2v) is 7.92. The summed E-state index contributed by atoms with van der Waals surface area (Å²) in [6.45, 7) is 9.77. The predicted octanol–water partition coefficient (Wildman–Crippen LogP) is 3.86. The van der Waals surface area contributed by atoms with Crippen LogP contribution in [0.15, 0.2) is 47.1 Å². The third kappa shape index (κ3) is 3.96. The van der Waals surface area contributed by atoms with Gasteiger partial charge in [0.25, 0.3) is 0 Å². The summed E-state index contributed by atoms with van der Waals surface area (Å²) in [5.41, 5.74) is 1.58. The van der Waals surface area contributed by atoms with Crippen molar-refractivity contribution >= 4 is 28.8 Å². The van der Waals surface area contributed by atoms with Crippen molar-refractivity contribution in [2.24, 2.45) is 4.99 Å². The molecule has 2 heterocycles. The summed E-state index contributed by atoms with van der Waals surface area (Å²) < 4.78 is 16.4. The van der Waals surface area contributed by atoms with Crippen molar-refractivity contribution in [3.63, 3.8) is 0 Å². The van der Waals surface area contributed by atoms with Gasteiger partial charge in [-0.1, -0.05) is 37.4 Å². The molecular weight excluding hydrogens is 404 g/mol. The van der Waals surface area contributed by atoms with Crippen LogP contribution in [0.25, 0.3) is 0 Å². The molecule has 0 saturated carbocycles. The van der Waals surface area contributed by atoms with Gasteiger partial charge in [0.15, 0.2) is 16.7 Å². The maximum atomic E-state index is 13.1. The summed E-state index contributed by atoms with van der Waals surface area (Å²) >= 11 is 1.43. The van der Waals surface area contributed by atoms with Crippen molar-refractivity contribution in [1.82, 2.24) is 4.90 Å². The molecule has 2 unspecified atom stereocenters. The summed E-state index contributed by atoms with van der Waals surface area (Å²) in [7, 11) is 1.56. The van der Waals surface area contributed by atoms with Gasteiger partial charge in [-0.25, -0.2) is 9.79 Å². The van der Waals surface area contributed by atoms with Crippen LogP contribution in [0.2, 0.25) is 0 Å². The number of rotatable bonds is 8. The Kier molecular flexibility index (Phi) is 6.87. The van der Waals surface area contributed by atoms with Crippen LogP contribution in [0.3, 0.4) is 0 Å².